The molecule has 1 heterocycles. The van der Waals surface area contributed by atoms with Crippen LogP contribution in [0.5, 0.6) is 5.75 Å². The first-order chi connectivity index (χ1) is 16.8. The maximum absolute atomic E-state index is 13.1. The van der Waals surface area contributed by atoms with Gasteiger partial charge in [0.25, 0.3) is 17.7 Å². The summed E-state index contributed by atoms with van der Waals surface area (Å²) in [6.45, 7) is -1.62. The number of H-pyrrole nitrogens is 1. The molecule has 0 aliphatic heterocycles. The first kappa shape index (κ1) is 26.0. The van der Waals surface area contributed by atoms with E-state index in [2.05, 4.69) is 15.7 Å². The van der Waals surface area contributed by atoms with E-state index in [0.717, 1.165) is 42.5 Å². The number of aromatic amines is 1. The maximum Gasteiger partial charge on any atom is 0.272 e. The number of methoxy groups -OCH3 is 1. The number of carbonyl (C=O) groups excluding carboxylic acids is 4. The second-order valence-corrected chi connectivity index (χ2v) is 8.74. The number of halogens is 1. The van der Waals surface area contributed by atoms with E-state index in [9.17, 15) is 23.6 Å². The van der Waals surface area contributed by atoms with Crippen LogP contribution in [-0.4, -0.2) is 60.0 Å². The lowest BCUT2D eigenvalue weighted by molar-refractivity contribution is -0.143. The van der Waals surface area contributed by atoms with Gasteiger partial charge in [0, 0.05) is 17.3 Å². The van der Waals surface area contributed by atoms with Crippen molar-refractivity contribution in [2.45, 2.75) is 51.0 Å². The van der Waals surface area contributed by atoms with Gasteiger partial charge in [0.2, 0.25) is 5.91 Å². The van der Waals surface area contributed by atoms with Crippen molar-refractivity contribution >= 4 is 34.5 Å². The van der Waals surface area contributed by atoms with Gasteiger partial charge in [-0.25, -0.2) is 4.39 Å². The van der Waals surface area contributed by atoms with Gasteiger partial charge >= 0.3 is 0 Å². The van der Waals surface area contributed by atoms with Crippen LogP contribution in [0.4, 0.5) is 4.39 Å². The third-order valence-corrected chi connectivity index (χ3v) is 6.25. The molecule has 1 saturated carbocycles. The van der Waals surface area contributed by atoms with Gasteiger partial charge in [-0.3, -0.25) is 29.6 Å². The fourth-order valence-electron chi connectivity index (χ4n) is 4.40. The lowest BCUT2D eigenvalue weighted by Crippen LogP contribution is -2.55. The number of fused-ring (bicyclic) bond motifs is 1. The van der Waals surface area contributed by atoms with Gasteiger partial charge in [0.1, 0.15) is 17.5 Å². The molecule has 0 unspecified atom stereocenters. The number of alkyl halides is 1. The Kier molecular flexibility index (Phi) is 9.04. The number of nitrogens with zero attached hydrogens (tertiary/aromatic N) is 1. The molecule has 5 N–H and O–H groups in total. The number of nitrogens with one attached hydrogen (secondary N) is 3. The first-order valence-corrected chi connectivity index (χ1v) is 11.7. The topological polar surface area (TPSA) is 147 Å². The summed E-state index contributed by atoms with van der Waals surface area (Å²) in [7, 11) is 1.54. The minimum atomic E-state index is -1.35. The number of hydrazine groups is 1. The largest absolute Gasteiger partial charge is 0.496 e. The van der Waals surface area contributed by atoms with Crippen LogP contribution >= 0.6 is 0 Å². The standard InChI is InChI=1S/C24H32FN5O5/c1-35-20-9-5-8-17-16(20)13-19(27-17)23(33)28-18(12-15-6-3-2-4-7-15)24(34)29-30(22(32)14-25)11-10-21(26)31/h5,8-9,13,15,18,27H,2-4,6-7,10-12,14H2,1H3,(H2,26,31)(H,28,33)(H,29,34)/t18-/m0/s1. The van der Waals surface area contributed by atoms with E-state index in [4.69, 9.17) is 10.5 Å². The van der Waals surface area contributed by atoms with E-state index in [0.29, 0.717) is 17.7 Å². The molecule has 1 atom stereocenters. The Bertz CT molecular complexity index is 1070. The molecule has 0 spiro atoms. The number of aromatic nitrogens is 1. The number of hydrogen-bond acceptors (Lipinski definition) is 5. The molecule has 1 aliphatic rings. The molecule has 0 saturated heterocycles. The van der Waals surface area contributed by atoms with Crippen LogP contribution in [0.15, 0.2) is 24.3 Å². The lowest BCUT2D eigenvalue weighted by Gasteiger charge is -2.29. The zero-order valence-corrected chi connectivity index (χ0v) is 19.8. The molecule has 1 aliphatic carbocycles. The Morgan fingerprint density at radius 2 is 1.97 bits per heavy atom. The molecular formula is C24H32FN5O5. The van der Waals surface area contributed by atoms with Crippen molar-refractivity contribution in [1.82, 2.24) is 20.7 Å². The zero-order chi connectivity index (χ0) is 25.4. The van der Waals surface area contributed by atoms with Crippen molar-refractivity contribution in [3.05, 3.63) is 30.0 Å². The second kappa shape index (κ2) is 12.2. The molecule has 190 valence electrons. The van der Waals surface area contributed by atoms with E-state index >= 15 is 0 Å². The summed E-state index contributed by atoms with van der Waals surface area (Å²) in [4.78, 5) is 52.4. The summed E-state index contributed by atoms with van der Waals surface area (Å²) in [6, 6.07) is 6.05. The number of benzene rings is 1. The number of ether oxygens (including phenoxy) is 1. The van der Waals surface area contributed by atoms with Gasteiger partial charge in [-0.15, -0.1) is 0 Å². The molecule has 0 bridgehead atoms. The van der Waals surface area contributed by atoms with Gasteiger partial charge in [-0.1, -0.05) is 38.2 Å². The summed E-state index contributed by atoms with van der Waals surface area (Å²) >= 11 is 0. The summed E-state index contributed by atoms with van der Waals surface area (Å²) in [5, 5.41) is 4.22. The maximum atomic E-state index is 13.1. The Morgan fingerprint density at radius 3 is 2.63 bits per heavy atom. The van der Waals surface area contributed by atoms with Crippen molar-refractivity contribution in [1.29, 1.82) is 0 Å². The summed E-state index contributed by atoms with van der Waals surface area (Å²) in [6.07, 6.45) is 5.19. The summed E-state index contributed by atoms with van der Waals surface area (Å²) in [5.74, 6) is -2.05. The normalized spacial score (nSPS) is 14.8. The Hall–Kier alpha value is -3.63. The van der Waals surface area contributed by atoms with Crippen LogP contribution in [0.25, 0.3) is 10.9 Å². The van der Waals surface area contributed by atoms with Crippen LogP contribution < -0.4 is 21.2 Å². The van der Waals surface area contributed by atoms with Crippen molar-refractivity contribution in [3.63, 3.8) is 0 Å². The minimum absolute atomic E-state index is 0.221. The molecule has 3 rings (SSSR count). The quantitative estimate of drug-likeness (QED) is 0.377. The molecule has 1 aromatic carbocycles. The van der Waals surface area contributed by atoms with Gasteiger partial charge in [-0.05, 0) is 30.5 Å². The summed E-state index contributed by atoms with van der Waals surface area (Å²) < 4.78 is 18.4. The van der Waals surface area contributed by atoms with Gasteiger partial charge in [-0.2, -0.15) is 0 Å². The van der Waals surface area contributed by atoms with E-state index in [1.54, 1.807) is 24.3 Å². The predicted octanol–water partition coefficient (Wildman–Crippen LogP) is 1.95. The average Bonchev–Trinajstić information content (AvgIpc) is 3.30. The van der Waals surface area contributed by atoms with E-state index in [1.807, 2.05) is 0 Å². The predicted molar refractivity (Wildman–Crippen MR) is 127 cm³/mol. The highest BCUT2D eigenvalue weighted by Crippen LogP contribution is 2.28. The number of nitrogens with two attached hydrogens (primary N) is 1. The molecular weight excluding hydrogens is 457 g/mol. The molecule has 2 aromatic rings. The monoisotopic (exact) mass is 489 g/mol. The van der Waals surface area contributed by atoms with Crippen LogP contribution in [0, 0.1) is 5.92 Å². The Balaban J connectivity index is 1.78. The van der Waals surface area contributed by atoms with E-state index in [1.165, 1.54) is 7.11 Å². The van der Waals surface area contributed by atoms with Crippen molar-refractivity contribution in [3.8, 4) is 5.75 Å². The highest BCUT2D eigenvalue weighted by atomic mass is 19.1. The van der Waals surface area contributed by atoms with Crippen molar-refractivity contribution < 1.29 is 28.3 Å². The lowest BCUT2D eigenvalue weighted by atomic mass is 9.84. The second-order valence-electron chi connectivity index (χ2n) is 8.74. The van der Waals surface area contributed by atoms with Gasteiger partial charge in [0.15, 0.2) is 6.67 Å². The van der Waals surface area contributed by atoms with Gasteiger partial charge < -0.3 is 20.8 Å². The average molecular weight is 490 g/mol. The SMILES string of the molecule is COc1cccc2[nH]c(C(=O)N[C@@H](CC3CCCCC3)C(=O)NN(CCC(N)=O)C(=O)CF)cc12. The number of primary amides is 1. The number of hydrogen-bond donors (Lipinski definition) is 4. The van der Waals surface area contributed by atoms with Crippen LogP contribution in [0.3, 0.4) is 0 Å². The number of amides is 4. The van der Waals surface area contributed by atoms with Crippen molar-refractivity contribution in [2.75, 3.05) is 20.3 Å². The zero-order valence-electron chi connectivity index (χ0n) is 19.8. The molecule has 1 fully saturated rings. The molecule has 11 heteroatoms. The third kappa shape index (κ3) is 6.93. The molecule has 10 nitrogen and oxygen atoms in total. The highest BCUT2D eigenvalue weighted by molar-refractivity contribution is 6.01. The summed E-state index contributed by atoms with van der Waals surface area (Å²) in [5.41, 5.74) is 8.44. The first-order valence-electron chi connectivity index (χ1n) is 11.7. The highest BCUT2D eigenvalue weighted by Gasteiger charge is 2.29. The van der Waals surface area contributed by atoms with Crippen molar-refractivity contribution in [2.24, 2.45) is 11.7 Å². The number of rotatable bonds is 10. The van der Waals surface area contributed by atoms with Crippen LogP contribution in [0.2, 0.25) is 0 Å². The Morgan fingerprint density at radius 1 is 1.23 bits per heavy atom. The molecule has 4 amide bonds. The fourth-order valence-corrected chi connectivity index (χ4v) is 4.40. The van der Waals surface area contributed by atoms with Gasteiger partial charge in [0.05, 0.1) is 13.7 Å². The molecule has 0 radical (unpaired) electrons. The van der Waals surface area contributed by atoms with E-state index in [-0.39, 0.29) is 24.6 Å². The van der Waals surface area contributed by atoms with Crippen LogP contribution in [-0.2, 0) is 14.4 Å². The third-order valence-electron chi connectivity index (χ3n) is 6.25. The van der Waals surface area contributed by atoms with E-state index < -0.39 is 36.3 Å². The Labute approximate surface area is 202 Å². The number of carbonyl (C=O) groups is 4. The smallest absolute Gasteiger partial charge is 0.272 e. The molecule has 1 aromatic heterocycles. The fraction of sp³-hybridized carbons (Fsp3) is 0.500. The van der Waals surface area contributed by atoms with Crippen LogP contribution in [0.1, 0.15) is 55.4 Å². The minimum Gasteiger partial charge on any atom is -0.496 e. The molecule has 35 heavy (non-hydrogen) atoms.